The van der Waals surface area contributed by atoms with Gasteiger partial charge < -0.3 is 15.2 Å². The van der Waals surface area contributed by atoms with Gasteiger partial charge >= 0.3 is 0 Å². The molecule has 2 aromatic carbocycles. The van der Waals surface area contributed by atoms with E-state index in [1.54, 1.807) is 0 Å². The van der Waals surface area contributed by atoms with Crippen molar-refractivity contribution in [1.82, 2.24) is 0 Å². The monoisotopic (exact) mass is 557 g/mol. The van der Waals surface area contributed by atoms with Crippen molar-refractivity contribution in [1.29, 1.82) is 0 Å². The summed E-state index contributed by atoms with van der Waals surface area (Å²) in [7, 11) is 0. The van der Waals surface area contributed by atoms with Crippen molar-refractivity contribution < 1.29 is 9.47 Å². The van der Waals surface area contributed by atoms with E-state index in [0.717, 1.165) is 50.2 Å². The van der Waals surface area contributed by atoms with Crippen molar-refractivity contribution in [3.05, 3.63) is 81.5 Å². The molecule has 0 atom stereocenters. The lowest BCUT2D eigenvalue weighted by Gasteiger charge is -2.08. The van der Waals surface area contributed by atoms with Gasteiger partial charge in [0, 0.05) is 19.5 Å². The zero-order valence-corrected chi connectivity index (χ0v) is 25.0. The Hall–Kier alpha value is -2.86. The van der Waals surface area contributed by atoms with Crippen molar-refractivity contribution in [3.8, 4) is 32.4 Å². The summed E-state index contributed by atoms with van der Waals surface area (Å²) in [4.78, 5) is 5.45. The third-order valence-electron chi connectivity index (χ3n) is 7.37. The predicted octanol–water partition coefficient (Wildman–Crippen LogP) is 9.76. The van der Waals surface area contributed by atoms with Gasteiger partial charge in [0.25, 0.3) is 0 Å². The van der Waals surface area contributed by atoms with Gasteiger partial charge in [0.1, 0.15) is 11.5 Å². The largest absolute Gasteiger partial charge is 0.494 e. The van der Waals surface area contributed by atoms with E-state index in [9.17, 15) is 0 Å². The van der Waals surface area contributed by atoms with Crippen LogP contribution in [0.25, 0.3) is 32.0 Å². The standard InChI is InChI=1S/C34H39NO2S2/c1-4-5-19-36-27-14-10-25(11-15-27)33-21-31(23(2)38-33)29-8-6-9-30(29)32-22-34(39-24(32)3)26-12-16-28(17-13-26)37-20-7-18-35/h10-17,21-22H,4-9,18-20,35H2,1-3H3. The fourth-order valence-electron chi connectivity index (χ4n) is 5.22. The third-order valence-corrected chi connectivity index (χ3v) is 9.56. The molecule has 0 radical (unpaired) electrons. The molecular formula is C34H39NO2S2. The molecule has 0 spiro atoms. The molecule has 0 amide bonds. The Morgan fingerprint density at radius 1 is 0.692 bits per heavy atom. The summed E-state index contributed by atoms with van der Waals surface area (Å²) in [5.41, 5.74) is 14.0. The Morgan fingerprint density at radius 2 is 1.15 bits per heavy atom. The van der Waals surface area contributed by atoms with E-state index in [1.807, 2.05) is 22.7 Å². The molecule has 4 aromatic rings. The molecule has 2 aromatic heterocycles. The number of thiophene rings is 2. The fraction of sp³-hybridized carbons (Fsp3) is 0.353. The number of nitrogens with two attached hydrogens (primary N) is 1. The van der Waals surface area contributed by atoms with E-state index in [-0.39, 0.29) is 0 Å². The summed E-state index contributed by atoms with van der Waals surface area (Å²) in [6.45, 7) is 8.84. The van der Waals surface area contributed by atoms with Gasteiger partial charge in [0.05, 0.1) is 13.2 Å². The van der Waals surface area contributed by atoms with Crippen LogP contribution in [0.4, 0.5) is 0 Å². The Labute approximate surface area is 241 Å². The minimum atomic E-state index is 0.654. The molecular weight excluding hydrogens is 519 g/mol. The van der Waals surface area contributed by atoms with Gasteiger partial charge in [0.15, 0.2) is 0 Å². The topological polar surface area (TPSA) is 44.5 Å². The molecule has 0 bridgehead atoms. The molecule has 204 valence electrons. The first-order chi connectivity index (χ1) is 19.1. The zero-order chi connectivity index (χ0) is 27.2. The van der Waals surface area contributed by atoms with Gasteiger partial charge in [-0.1, -0.05) is 13.3 Å². The predicted molar refractivity (Wildman–Crippen MR) is 169 cm³/mol. The number of hydrogen-bond donors (Lipinski definition) is 1. The van der Waals surface area contributed by atoms with Gasteiger partial charge in [-0.05, 0) is 147 Å². The van der Waals surface area contributed by atoms with Gasteiger partial charge in [-0.3, -0.25) is 0 Å². The molecule has 2 heterocycles. The second-order valence-corrected chi connectivity index (χ2v) is 12.7. The minimum absolute atomic E-state index is 0.654. The average molecular weight is 558 g/mol. The number of hydrogen-bond acceptors (Lipinski definition) is 5. The zero-order valence-electron chi connectivity index (χ0n) is 23.3. The molecule has 1 aliphatic rings. The average Bonchev–Trinajstić information content (AvgIpc) is 3.68. The van der Waals surface area contributed by atoms with Crippen LogP contribution in [0.1, 0.15) is 66.3 Å². The molecule has 1 aliphatic carbocycles. The van der Waals surface area contributed by atoms with E-state index in [0.29, 0.717) is 13.2 Å². The normalized spacial score (nSPS) is 13.3. The Kier molecular flexibility index (Phi) is 9.23. The smallest absolute Gasteiger partial charge is 0.119 e. The summed E-state index contributed by atoms with van der Waals surface area (Å²) < 4.78 is 11.7. The number of ether oxygens (including phenoxy) is 2. The molecule has 39 heavy (non-hydrogen) atoms. The molecule has 0 unspecified atom stereocenters. The fourth-order valence-corrected chi connectivity index (χ4v) is 7.33. The van der Waals surface area contributed by atoms with Gasteiger partial charge in [-0.15, -0.1) is 22.7 Å². The first kappa shape index (κ1) is 27.7. The highest BCUT2D eigenvalue weighted by Gasteiger charge is 2.23. The van der Waals surface area contributed by atoms with Crippen molar-refractivity contribution in [2.24, 2.45) is 5.73 Å². The maximum atomic E-state index is 5.87. The first-order valence-electron chi connectivity index (χ1n) is 14.2. The van der Waals surface area contributed by atoms with Crippen LogP contribution >= 0.6 is 22.7 Å². The highest BCUT2D eigenvalue weighted by atomic mass is 32.1. The SMILES string of the molecule is CCCCOc1ccc(-c2cc(C3=C(c4cc(-c5ccc(OCCCN)cc5)sc4C)CCC3)c(C)s2)cc1. The van der Waals surface area contributed by atoms with Crippen LogP contribution in [0.3, 0.4) is 0 Å². The summed E-state index contributed by atoms with van der Waals surface area (Å²) in [6.07, 6.45) is 6.63. The molecule has 3 nitrogen and oxygen atoms in total. The van der Waals surface area contributed by atoms with Crippen LogP contribution in [0.2, 0.25) is 0 Å². The van der Waals surface area contributed by atoms with E-state index in [4.69, 9.17) is 15.2 Å². The molecule has 0 saturated heterocycles. The van der Waals surface area contributed by atoms with Crippen LogP contribution in [0, 0.1) is 13.8 Å². The van der Waals surface area contributed by atoms with Gasteiger partial charge in [-0.25, -0.2) is 0 Å². The number of aryl methyl sites for hydroxylation is 2. The van der Waals surface area contributed by atoms with E-state index >= 15 is 0 Å². The molecule has 5 rings (SSSR count). The van der Waals surface area contributed by atoms with Crippen LogP contribution < -0.4 is 15.2 Å². The quantitative estimate of drug-likeness (QED) is 0.176. The van der Waals surface area contributed by atoms with Crippen molar-refractivity contribution in [2.75, 3.05) is 19.8 Å². The Morgan fingerprint density at radius 3 is 1.59 bits per heavy atom. The summed E-state index contributed by atoms with van der Waals surface area (Å²) in [6, 6.07) is 21.9. The lowest BCUT2D eigenvalue weighted by Crippen LogP contribution is -2.05. The van der Waals surface area contributed by atoms with Gasteiger partial charge in [-0.2, -0.15) is 0 Å². The molecule has 0 saturated carbocycles. The van der Waals surface area contributed by atoms with Crippen molar-refractivity contribution >= 4 is 33.8 Å². The lowest BCUT2D eigenvalue weighted by molar-refractivity contribution is 0.309. The van der Waals surface area contributed by atoms with Crippen LogP contribution in [0.15, 0.2) is 60.7 Å². The highest BCUT2D eigenvalue weighted by molar-refractivity contribution is 7.16. The molecule has 2 N–H and O–H groups in total. The maximum absolute atomic E-state index is 5.87. The van der Waals surface area contributed by atoms with Crippen LogP contribution in [-0.2, 0) is 0 Å². The lowest BCUT2D eigenvalue weighted by atomic mass is 9.96. The van der Waals surface area contributed by atoms with Crippen molar-refractivity contribution in [2.45, 2.75) is 59.3 Å². The number of unbranched alkanes of at least 4 members (excludes halogenated alkanes) is 1. The molecule has 0 aliphatic heterocycles. The second-order valence-electron chi connectivity index (χ2n) is 10.2. The second kappa shape index (κ2) is 13.0. The van der Waals surface area contributed by atoms with E-state index < -0.39 is 0 Å². The third kappa shape index (κ3) is 6.49. The highest BCUT2D eigenvalue weighted by Crippen LogP contribution is 2.47. The number of benzene rings is 2. The Balaban J connectivity index is 1.37. The van der Waals surface area contributed by atoms with Crippen LogP contribution in [0.5, 0.6) is 11.5 Å². The molecule has 5 heteroatoms. The summed E-state index contributed by atoms with van der Waals surface area (Å²) >= 11 is 3.79. The Bertz CT molecular complexity index is 1300. The minimum Gasteiger partial charge on any atom is -0.494 e. The summed E-state index contributed by atoms with van der Waals surface area (Å²) in [5.74, 6) is 1.86. The van der Waals surface area contributed by atoms with E-state index in [2.05, 4.69) is 81.4 Å². The molecule has 0 fully saturated rings. The maximum Gasteiger partial charge on any atom is 0.119 e. The first-order valence-corrected chi connectivity index (χ1v) is 15.8. The van der Waals surface area contributed by atoms with E-state index in [1.165, 1.54) is 59.3 Å². The van der Waals surface area contributed by atoms with Crippen LogP contribution in [-0.4, -0.2) is 19.8 Å². The van der Waals surface area contributed by atoms with Gasteiger partial charge in [0.2, 0.25) is 0 Å². The van der Waals surface area contributed by atoms with Crippen molar-refractivity contribution in [3.63, 3.8) is 0 Å². The summed E-state index contributed by atoms with van der Waals surface area (Å²) in [5, 5.41) is 0. The number of rotatable bonds is 12. The number of allylic oxidation sites excluding steroid dienone is 2.